The smallest absolute Gasteiger partial charge is 0.342 e. The van der Waals surface area contributed by atoms with Gasteiger partial charge in [0.25, 0.3) is 0 Å². The first-order valence-electron chi connectivity index (χ1n) is 6.42. The van der Waals surface area contributed by atoms with E-state index in [4.69, 9.17) is 5.90 Å². The fourth-order valence-electron chi connectivity index (χ4n) is 2.19. The normalized spacial score (nSPS) is 13.7. The van der Waals surface area contributed by atoms with Crippen LogP contribution >= 0.6 is 0 Å². The minimum Gasteiger partial charge on any atom is -0.465 e. The van der Waals surface area contributed by atoms with Gasteiger partial charge in [-0.3, -0.25) is 9.59 Å². The molecule has 0 radical (unpaired) electrons. The second-order valence-corrected chi connectivity index (χ2v) is 4.60. The van der Waals surface area contributed by atoms with Gasteiger partial charge in [-0.15, -0.1) is 0 Å². The van der Waals surface area contributed by atoms with Crippen LogP contribution in [0.5, 0.6) is 0 Å². The van der Waals surface area contributed by atoms with Crippen LogP contribution in [-0.2, 0) is 20.8 Å². The summed E-state index contributed by atoms with van der Waals surface area (Å²) in [6, 6.07) is 5.00. The molecule has 6 nitrogen and oxygen atoms in total. The summed E-state index contributed by atoms with van der Waals surface area (Å²) in [5.41, 5.74) is 1.16. The number of hydrogen-bond donors (Lipinski definition) is 1. The van der Waals surface area contributed by atoms with Gasteiger partial charge >= 0.3 is 5.97 Å². The Kier molecular flexibility index (Phi) is 4.62. The van der Waals surface area contributed by atoms with Gasteiger partial charge < -0.3 is 9.57 Å². The molecule has 110 valence electrons. The Balaban J connectivity index is 2.32. The van der Waals surface area contributed by atoms with E-state index in [-0.39, 0.29) is 16.9 Å². The van der Waals surface area contributed by atoms with E-state index in [0.717, 1.165) is 11.6 Å². The highest BCUT2D eigenvalue weighted by molar-refractivity contribution is 6.33. The molecule has 6 heteroatoms. The first kappa shape index (κ1) is 15.1. The molecule has 0 amide bonds. The molecule has 0 fully saturated rings. The molecule has 0 spiro atoms. The number of allylic oxidation sites excluding steroid dienone is 1. The van der Waals surface area contributed by atoms with Crippen LogP contribution < -0.4 is 5.90 Å². The zero-order chi connectivity index (χ0) is 15.4. The van der Waals surface area contributed by atoms with Gasteiger partial charge in [-0.1, -0.05) is 12.1 Å². The number of benzene rings is 1. The van der Waals surface area contributed by atoms with Gasteiger partial charge in [-0.05, 0) is 24.5 Å². The van der Waals surface area contributed by atoms with E-state index in [1.165, 1.54) is 7.11 Å². The van der Waals surface area contributed by atoms with Gasteiger partial charge in [-0.25, -0.2) is 10.7 Å². The van der Waals surface area contributed by atoms with Crippen LogP contribution in [0.1, 0.15) is 32.7 Å². The van der Waals surface area contributed by atoms with Gasteiger partial charge in [0.05, 0.1) is 13.7 Å². The fraction of sp³-hybridized carbons (Fsp3) is 0.267. The molecule has 0 saturated carbocycles. The molecule has 0 bridgehead atoms. The molecule has 1 aromatic carbocycles. The lowest BCUT2D eigenvalue weighted by Crippen LogP contribution is -2.23. The van der Waals surface area contributed by atoms with E-state index < -0.39 is 11.8 Å². The number of aryl methyl sites for hydroxylation is 1. The highest BCUT2D eigenvalue weighted by Gasteiger charge is 2.30. The van der Waals surface area contributed by atoms with Gasteiger partial charge in [0.15, 0.2) is 5.78 Å². The number of carbonyl (C=O) groups excluding carboxylic acids is 3. The molecule has 1 aliphatic rings. The van der Waals surface area contributed by atoms with E-state index in [1.807, 2.05) is 0 Å². The molecule has 0 atom stereocenters. The molecule has 0 aromatic heterocycles. The van der Waals surface area contributed by atoms with Crippen molar-refractivity contribution in [2.24, 2.45) is 5.90 Å². The number of fused-ring (bicyclic) bond motifs is 1. The standard InChI is InChI=1S/C15H15NO5/c1-20-15(19)12-8-13(17)10-5-4-9(3-2-6-21-16)7-11(10)14(12)18/h4-5,7-8H,2-3,6,16H2,1H3. The van der Waals surface area contributed by atoms with Crippen molar-refractivity contribution in [1.82, 2.24) is 0 Å². The van der Waals surface area contributed by atoms with Crippen molar-refractivity contribution < 1.29 is 24.0 Å². The number of ether oxygens (including phenoxy) is 1. The zero-order valence-electron chi connectivity index (χ0n) is 11.5. The summed E-state index contributed by atoms with van der Waals surface area (Å²) in [7, 11) is 1.17. The number of hydrogen-bond acceptors (Lipinski definition) is 6. The Bertz CT molecular complexity index is 633. The third-order valence-electron chi connectivity index (χ3n) is 3.25. The molecule has 0 aliphatic heterocycles. The molecular weight excluding hydrogens is 274 g/mol. The van der Waals surface area contributed by atoms with Crippen molar-refractivity contribution in [3.8, 4) is 0 Å². The van der Waals surface area contributed by atoms with Crippen LogP contribution in [0.3, 0.4) is 0 Å². The average Bonchev–Trinajstić information content (AvgIpc) is 2.50. The summed E-state index contributed by atoms with van der Waals surface area (Å²) in [6.45, 7) is 0.400. The number of ketones is 2. The molecule has 1 aromatic rings. The average molecular weight is 289 g/mol. The Morgan fingerprint density at radius 3 is 2.67 bits per heavy atom. The van der Waals surface area contributed by atoms with Crippen LogP contribution in [0, 0.1) is 0 Å². The maximum atomic E-state index is 12.3. The number of Topliss-reactive ketones (excluding diaryl/α,β-unsaturated/α-hetero) is 1. The predicted molar refractivity (Wildman–Crippen MR) is 73.7 cm³/mol. The van der Waals surface area contributed by atoms with Crippen LogP contribution in [-0.4, -0.2) is 31.3 Å². The summed E-state index contributed by atoms with van der Waals surface area (Å²) in [4.78, 5) is 40.3. The van der Waals surface area contributed by atoms with E-state index in [2.05, 4.69) is 9.57 Å². The van der Waals surface area contributed by atoms with Crippen LogP contribution in [0.15, 0.2) is 29.8 Å². The van der Waals surface area contributed by atoms with Crippen LogP contribution in [0.4, 0.5) is 0 Å². The van der Waals surface area contributed by atoms with Gasteiger partial charge in [0, 0.05) is 17.2 Å². The van der Waals surface area contributed by atoms with Gasteiger partial charge in [0.2, 0.25) is 5.78 Å². The monoisotopic (exact) mass is 289 g/mol. The molecule has 0 saturated heterocycles. The summed E-state index contributed by atoms with van der Waals surface area (Å²) in [6.07, 6.45) is 2.37. The second-order valence-electron chi connectivity index (χ2n) is 4.60. The van der Waals surface area contributed by atoms with Crippen LogP contribution in [0.25, 0.3) is 0 Å². The van der Waals surface area contributed by atoms with Crippen molar-refractivity contribution >= 4 is 17.5 Å². The minimum absolute atomic E-state index is 0.231. The highest BCUT2D eigenvalue weighted by Crippen LogP contribution is 2.23. The quantitative estimate of drug-likeness (QED) is 0.376. The summed E-state index contributed by atoms with van der Waals surface area (Å²) >= 11 is 0. The zero-order valence-corrected chi connectivity index (χ0v) is 11.5. The van der Waals surface area contributed by atoms with Crippen LogP contribution in [0.2, 0.25) is 0 Å². The first-order valence-corrected chi connectivity index (χ1v) is 6.42. The topological polar surface area (TPSA) is 95.7 Å². The second kappa shape index (κ2) is 6.43. The third-order valence-corrected chi connectivity index (χ3v) is 3.25. The Morgan fingerprint density at radius 1 is 1.24 bits per heavy atom. The maximum Gasteiger partial charge on any atom is 0.342 e. The number of rotatable bonds is 5. The predicted octanol–water partition coefficient (Wildman–Crippen LogP) is 0.988. The molecule has 0 heterocycles. The molecular formula is C15H15NO5. The minimum atomic E-state index is -0.805. The fourth-order valence-corrected chi connectivity index (χ4v) is 2.19. The lowest BCUT2D eigenvalue weighted by atomic mass is 9.87. The van der Waals surface area contributed by atoms with Gasteiger partial charge in [0.1, 0.15) is 5.57 Å². The SMILES string of the molecule is COC(=O)C1=CC(=O)c2ccc(CCCON)cc2C1=O. The van der Waals surface area contributed by atoms with Crippen molar-refractivity contribution in [1.29, 1.82) is 0 Å². The highest BCUT2D eigenvalue weighted by atomic mass is 16.6. The van der Waals surface area contributed by atoms with Crippen molar-refractivity contribution in [3.63, 3.8) is 0 Å². The molecule has 2 N–H and O–H groups in total. The Hall–Kier alpha value is -2.31. The largest absolute Gasteiger partial charge is 0.465 e. The van der Waals surface area contributed by atoms with Crippen molar-refractivity contribution in [2.45, 2.75) is 12.8 Å². The summed E-state index contributed by atoms with van der Waals surface area (Å²) in [5, 5.41) is 0. The lowest BCUT2D eigenvalue weighted by Gasteiger charge is -2.14. The number of esters is 1. The van der Waals surface area contributed by atoms with E-state index in [9.17, 15) is 14.4 Å². The van der Waals surface area contributed by atoms with E-state index in [1.54, 1.807) is 18.2 Å². The lowest BCUT2D eigenvalue weighted by molar-refractivity contribution is -0.135. The molecule has 0 unspecified atom stereocenters. The number of nitrogens with two attached hydrogens (primary N) is 1. The van der Waals surface area contributed by atoms with E-state index in [0.29, 0.717) is 25.0 Å². The maximum absolute atomic E-state index is 12.3. The molecule has 21 heavy (non-hydrogen) atoms. The Labute approximate surface area is 121 Å². The Morgan fingerprint density at radius 2 is 2.00 bits per heavy atom. The summed E-state index contributed by atoms with van der Waals surface area (Å²) in [5.74, 6) is 3.28. The number of carbonyl (C=O) groups is 3. The molecule has 2 rings (SSSR count). The van der Waals surface area contributed by atoms with Crippen molar-refractivity contribution in [2.75, 3.05) is 13.7 Å². The first-order chi connectivity index (χ1) is 10.1. The molecule has 1 aliphatic carbocycles. The van der Waals surface area contributed by atoms with E-state index >= 15 is 0 Å². The number of methoxy groups -OCH3 is 1. The third kappa shape index (κ3) is 3.07. The van der Waals surface area contributed by atoms with Gasteiger partial charge in [-0.2, -0.15) is 0 Å². The summed E-state index contributed by atoms with van der Waals surface area (Å²) < 4.78 is 4.52. The van der Waals surface area contributed by atoms with Crippen molar-refractivity contribution in [3.05, 3.63) is 46.5 Å².